The number of carboxylic acids is 1. The van der Waals surface area contributed by atoms with Crippen LogP contribution in [0.4, 0.5) is 13.2 Å². The molecule has 0 spiro atoms. The van der Waals surface area contributed by atoms with Crippen LogP contribution < -0.4 is 0 Å². The van der Waals surface area contributed by atoms with Gasteiger partial charge in [-0.1, -0.05) is 18.2 Å². The molecule has 0 unspecified atom stereocenters. The summed E-state index contributed by atoms with van der Waals surface area (Å²) in [6.45, 7) is 0. The Morgan fingerprint density at radius 1 is 1.24 bits per heavy atom. The van der Waals surface area contributed by atoms with Crippen molar-refractivity contribution in [2.75, 3.05) is 0 Å². The minimum atomic E-state index is -4.78. The Morgan fingerprint density at radius 2 is 1.95 bits per heavy atom. The first-order valence-corrected chi connectivity index (χ1v) is 7.35. The van der Waals surface area contributed by atoms with Gasteiger partial charge in [0, 0.05) is 21.0 Å². The summed E-state index contributed by atoms with van der Waals surface area (Å²) in [6.07, 6.45) is -4.78. The number of alkyl halides is 3. The average Bonchev–Trinajstić information content (AvgIpc) is 3.01. The molecule has 8 heteroatoms. The molecule has 0 aliphatic carbocycles. The summed E-state index contributed by atoms with van der Waals surface area (Å²) in [5.41, 5.74) is -0.816. The van der Waals surface area contributed by atoms with Gasteiger partial charge in [-0.25, -0.2) is 9.78 Å². The Kier molecular flexibility index (Phi) is 3.22. The number of nitrogens with zero attached hydrogens (tertiary/aromatic N) is 1. The minimum absolute atomic E-state index is 0.0668. The van der Waals surface area contributed by atoms with Gasteiger partial charge in [-0.2, -0.15) is 13.2 Å². The molecule has 0 fully saturated rings. The zero-order valence-corrected chi connectivity index (χ0v) is 11.8. The molecule has 21 heavy (non-hydrogen) atoms. The van der Waals surface area contributed by atoms with E-state index in [1.807, 2.05) is 12.1 Å². The Labute approximate surface area is 124 Å². The third-order valence-electron chi connectivity index (χ3n) is 2.80. The summed E-state index contributed by atoms with van der Waals surface area (Å²) in [6, 6.07) is 7.22. The van der Waals surface area contributed by atoms with Crippen molar-refractivity contribution in [1.29, 1.82) is 0 Å². The number of aromatic carboxylic acids is 1. The van der Waals surface area contributed by atoms with Crippen molar-refractivity contribution >= 4 is 38.7 Å². The molecule has 108 valence electrons. The predicted octanol–water partition coefficient (Wildman–Crippen LogP) is 4.74. The van der Waals surface area contributed by atoms with Gasteiger partial charge in [0.05, 0.1) is 0 Å². The standard InChI is InChI=1S/C13H6F3NO2S2/c14-13(15,16)10-9(12(18)19)21-11(17-10)7-5-20-8-4-2-1-3-6(7)8/h1-5H,(H,18,19). The van der Waals surface area contributed by atoms with Crippen LogP contribution in [0.2, 0.25) is 0 Å². The van der Waals surface area contributed by atoms with Crippen molar-refractivity contribution in [3.05, 3.63) is 40.2 Å². The number of fused-ring (bicyclic) bond motifs is 1. The number of halogens is 3. The Morgan fingerprint density at radius 3 is 2.57 bits per heavy atom. The second-order valence-electron chi connectivity index (χ2n) is 4.15. The number of rotatable bonds is 2. The molecule has 3 aromatic rings. The lowest BCUT2D eigenvalue weighted by atomic mass is 10.2. The Balaban J connectivity index is 2.22. The first-order valence-electron chi connectivity index (χ1n) is 5.66. The number of thiophene rings is 1. The molecule has 2 aromatic heterocycles. The van der Waals surface area contributed by atoms with Crippen molar-refractivity contribution < 1.29 is 23.1 Å². The van der Waals surface area contributed by atoms with E-state index in [-0.39, 0.29) is 5.01 Å². The lowest BCUT2D eigenvalue weighted by Gasteiger charge is -2.02. The van der Waals surface area contributed by atoms with Gasteiger partial charge in [0.2, 0.25) is 0 Å². The number of aromatic nitrogens is 1. The quantitative estimate of drug-likeness (QED) is 0.738. The number of thiazole rings is 1. The van der Waals surface area contributed by atoms with Gasteiger partial charge in [0.25, 0.3) is 0 Å². The Bertz CT molecular complexity index is 835. The first kappa shape index (κ1) is 14.0. The fraction of sp³-hybridized carbons (Fsp3) is 0.0769. The molecule has 0 saturated carbocycles. The lowest BCUT2D eigenvalue weighted by molar-refractivity contribution is -0.141. The smallest absolute Gasteiger partial charge is 0.435 e. The molecule has 0 aliphatic rings. The molecule has 3 nitrogen and oxygen atoms in total. The maximum absolute atomic E-state index is 12.9. The summed E-state index contributed by atoms with van der Waals surface area (Å²) in [4.78, 5) is 13.7. The van der Waals surface area contributed by atoms with Crippen LogP contribution in [-0.4, -0.2) is 16.1 Å². The maximum atomic E-state index is 12.9. The fourth-order valence-electron chi connectivity index (χ4n) is 1.92. The van der Waals surface area contributed by atoms with Crippen molar-refractivity contribution in [2.24, 2.45) is 0 Å². The zero-order valence-electron chi connectivity index (χ0n) is 10.1. The molecule has 0 aliphatic heterocycles. The highest BCUT2D eigenvalue weighted by atomic mass is 32.1. The van der Waals surface area contributed by atoms with Crippen LogP contribution in [0, 0.1) is 0 Å². The van der Waals surface area contributed by atoms with Gasteiger partial charge in [0.1, 0.15) is 9.88 Å². The van der Waals surface area contributed by atoms with E-state index in [0.29, 0.717) is 16.9 Å². The third-order valence-corrected chi connectivity index (χ3v) is 4.84. The molecule has 0 atom stereocenters. The summed E-state index contributed by atoms with van der Waals surface area (Å²) in [7, 11) is 0. The summed E-state index contributed by atoms with van der Waals surface area (Å²) < 4.78 is 39.5. The number of hydrogen-bond donors (Lipinski definition) is 1. The van der Waals surface area contributed by atoms with E-state index in [9.17, 15) is 18.0 Å². The second-order valence-corrected chi connectivity index (χ2v) is 6.06. The van der Waals surface area contributed by atoms with Crippen molar-refractivity contribution in [2.45, 2.75) is 6.18 Å². The molecule has 1 aromatic carbocycles. The summed E-state index contributed by atoms with van der Waals surface area (Å²) in [5.74, 6) is -1.62. The average molecular weight is 329 g/mol. The van der Waals surface area contributed by atoms with Crippen LogP contribution in [0.25, 0.3) is 20.7 Å². The van der Waals surface area contributed by atoms with E-state index >= 15 is 0 Å². The van der Waals surface area contributed by atoms with E-state index in [2.05, 4.69) is 4.98 Å². The highest BCUT2D eigenvalue weighted by molar-refractivity contribution is 7.20. The number of benzene rings is 1. The number of carbonyl (C=O) groups is 1. The molecule has 3 rings (SSSR count). The van der Waals surface area contributed by atoms with Crippen LogP contribution in [0.15, 0.2) is 29.6 Å². The van der Waals surface area contributed by atoms with Gasteiger partial charge < -0.3 is 5.11 Å². The molecule has 2 heterocycles. The number of carboxylic acid groups (broad SMARTS) is 1. The van der Waals surface area contributed by atoms with Crippen LogP contribution in [0.3, 0.4) is 0 Å². The highest BCUT2D eigenvalue weighted by Gasteiger charge is 2.40. The maximum Gasteiger partial charge on any atom is 0.435 e. The second kappa shape index (κ2) is 4.81. The van der Waals surface area contributed by atoms with Crippen LogP contribution in [0.1, 0.15) is 15.4 Å². The summed E-state index contributed by atoms with van der Waals surface area (Å²) in [5, 5.41) is 11.4. The largest absolute Gasteiger partial charge is 0.477 e. The van der Waals surface area contributed by atoms with Gasteiger partial charge in [-0.3, -0.25) is 0 Å². The molecular formula is C13H6F3NO2S2. The minimum Gasteiger partial charge on any atom is -0.477 e. The van der Waals surface area contributed by atoms with Crippen molar-refractivity contribution in [3.63, 3.8) is 0 Å². The highest BCUT2D eigenvalue weighted by Crippen LogP contribution is 2.41. The molecule has 0 saturated heterocycles. The van der Waals surface area contributed by atoms with E-state index in [0.717, 1.165) is 10.1 Å². The normalized spacial score (nSPS) is 12.0. The third kappa shape index (κ3) is 2.40. The van der Waals surface area contributed by atoms with E-state index in [1.165, 1.54) is 11.3 Å². The SMILES string of the molecule is O=C(O)c1sc(-c2csc3ccccc23)nc1C(F)(F)F. The van der Waals surface area contributed by atoms with Crippen LogP contribution >= 0.6 is 22.7 Å². The van der Waals surface area contributed by atoms with Crippen molar-refractivity contribution in [3.8, 4) is 10.6 Å². The molecule has 1 N–H and O–H groups in total. The molecular weight excluding hydrogens is 323 g/mol. The van der Waals surface area contributed by atoms with E-state index in [4.69, 9.17) is 5.11 Å². The first-order chi connectivity index (χ1) is 9.88. The summed E-state index contributed by atoms with van der Waals surface area (Å²) >= 11 is 1.92. The number of hydrogen-bond acceptors (Lipinski definition) is 4. The van der Waals surface area contributed by atoms with Crippen LogP contribution in [0.5, 0.6) is 0 Å². The monoisotopic (exact) mass is 329 g/mol. The van der Waals surface area contributed by atoms with Gasteiger partial charge in [0.15, 0.2) is 5.69 Å². The Hall–Kier alpha value is -1.93. The van der Waals surface area contributed by atoms with Gasteiger partial charge in [-0.05, 0) is 6.07 Å². The fourth-order valence-corrected chi connectivity index (χ4v) is 3.89. The van der Waals surface area contributed by atoms with Gasteiger partial charge in [-0.15, -0.1) is 22.7 Å². The lowest BCUT2D eigenvalue weighted by Crippen LogP contribution is -2.11. The van der Waals surface area contributed by atoms with Crippen molar-refractivity contribution in [1.82, 2.24) is 4.98 Å². The van der Waals surface area contributed by atoms with Crippen LogP contribution in [-0.2, 0) is 6.18 Å². The van der Waals surface area contributed by atoms with Gasteiger partial charge >= 0.3 is 12.1 Å². The van der Waals surface area contributed by atoms with E-state index < -0.39 is 22.7 Å². The predicted molar refractivity (Wildman–Crippen MR) is 74.9 cm³/mol. The molecule has 0 radical (unpaired) electrons. The zero-order chi connectivity index (χ0) is 15.2. The topological polar surface area (TPSA) is 50.2 Å². The molecule has 0 bridgehead atoms. The van der Waals surface area contributed by atoms with E-state index in [1.54, 1.807) is 17.5 Å². The molecule has 0 amide bonds.